The first kappa shape index (κ1) is 13.9. The topological polar surface area (TPSA) is 3.24 Å². The van der Waals surface area contributed by atoms with Crippen LogP contribution in [0.25, 0.3) is 0 Å². The molecule has 0 radical (unpaired) electrons. The summed E-state index contributed by atoms with van der Waals surface area (Å²) in [5, 5.41) is 0.929. The third-order valence-corrected chi connectivity index (χ3v) is 4.33. The van der Waals surface area contributed by atoms with Crippen LogP contribution in [0, 0.1) is 6.92 Å². The first-order valence-corrected chi connectivity index (χ1v) is 7.99. The van der Waals surface area contributed by atoms with Crippen molar-refractivity contribution < 1.29 is 0 Å². The van der Waals surface area contributed by atoms with E-state index in [2.05, 4.69) is 66.2 Å². The summed E-state index contributed by atoms with van der Waals surface area (Å²) in [5.74, 6) is 1.16. The third kappa shape index (κ3) is 3.42. The maximum atomic E-state index is 3.49. The number of anilines is 1. The molecule has 0 aliphatic heterocycles. The van der Waals surface area contributed by atoms with Gasteiger partial charge in [-0.15, -0.1) is 0 Å². The van der Waals surface area contributed by atoms with Crippen LogP contribution in [0.3, 0.4) is 0 Å². The summed E-state index contributed by atoms with van der Waals surface area (Å²) in [6.07, 6.45) is 2.16. The molecule has 16 heavy (non-hydrogen) atoms. The van der Waals surface area contributed by atoms with Crippen LogP contribution in [0.4, 0.5) is 5.69 Å². The van der Waals surface area contributed by atoms with E-state index in [-0.39, 0.29) is 0 Å². The smallest absolute Gasteiger partial charge is 0.0396 e. The summed E-state index contributed by atoms with van der Waals surface area (Å²) >= 11 is 5.39. The van der Waals surface area contributed by atoms with Gasteiger partial charge in [0.05, 0.1) is 0 Å². The Morgan fingerprint density at radius 1 is 1.44 bits per heavy atom. The van der Waals surface area contributed by atoms with Crippen molar-refractivity contribution in [1.29, 1.82) is 0 Å². The first-order valence-electron chi connectivity index (χ1n) is 5.47. The molecule has 0 aliphatic rings. The van der Waals surface area contributed by atoms with Crippen LogP contribution < -0.4 is 4.90 Å². The van der Waals surface area contributed by atoms with E-state index in [0.717, 1.165) is 11.1 Å². The lowest BCUT2D eigenvalue weighted by Crippen LogP contribution is -2.31. The first-order chi connectivity index (χ1) is 7.60. The van der Waals surface area contributed by atoms with Crippen LogP contribution in [-0.2, 0) is 5.33 Å². The van der Waals surface area contributed by atoms with Gasteiger partial charge in [0.2, 0.25) is 0 Å². The Kier molecular flexibility index (Phi) is 5.70. The number of aryl methyl sites for hydroxylation is 1. The Labute approximate surface area is 112 Å². The molecule has 0 N–H and O–H groups in total. The van der Waals surface area contributed by atoms with E-state index in [9.17, 15) is 0 Å². The Balaban J connectivity index is 2.87. The highest BCUT2D eigenvalue weighted by molar-refractivity contribution is 9.08. The van der Waals surface area contributed by atoms with Crippen molar-refractivity contribution in [2.75, 3.05) is 24.0 Å². The molecule has 3 heteroatoms. The molecule has 1 atom stereocenters. The number of benzene rings is 1. The number of hydrogen-bond acceptors (Lipinski definition) is 2. The van der Waals surface area contributed by atoms with Crippen LogP contribution >= 0.6 is 27.7 Å². The lowest BCUT2D eigenvalue weighted by Gasteiger charge is -2.28. The van der Waals surface area contributed by atoms with Gasteiger partial charge < -0.3 is 4.90 Å². The van der Waals surface area contributed by atoms with E-state index < -0.39 is 0 Å². The van der Waals surface area contributed by atoms with Crippen molar-refractivity contribution in [1.82, 2.24) is 0 Å². The van der Waals surface area contributed by atoms with Crippen molar-refractivity contribution >= 4 is 33.4 Å². The van der Waals surface area contributed by atoms with Crippen molar-refractivity contribution in [3.8, 4) is 0 Å². The number of halogens is 1. The summed E-state index contributed by atoms with van der Waals surface area (Å²) < 4.78 is 0. The van der Waals surface area contributed by atoms with E-state index in [1.54, 1.807) is 0 Å². The van der Waals surface area contributed by atoms with E-state index >= 15 is 0 Å². The number of thioether (sulfide) groups is 1. The lowest BCUT2D eigenvalue weighted by molar-refractivity contribution is 0.763. The predicted molar refractivity (Wildman–Crippen MR) is 80.1 cm³/mol. The van der Waals surface area contributed by atoms with E-state index in [1.165, 1.54) is 16.8 Å². The maximum absolute atomic E-state index is 3.49. The standard InChI is InChI=1S/C13H20BrNS/c1-10-7-12(8-14)5-6-13(10)15(3)11(2)9-16-4/h5-7,11H,8-9H2,1-4H3. The zero-order chi connectivity index (χ0) is 12.1. The molecular formula is C13H20BrNS. The number of rotatable bonds is 5. The van der Waals surface area contributed by atoms with Gasteiger partial charge in [0.25, 0.3) is 0 Å². The number of nitrogens with zero attached hydrogens (tertiary/aromatic N) is 1. The summed E-state index contributed by atoms with van der Waals surface area (Å²) in [6, 6.07) is 7.25. The van der Waals surface area contributed by atoms with E-state index in [0.29, 0.717) is 6.04 Å². The highest BCUT2D eigenvalue weighted by atomic mass is 79.9. The van der Waals surface area contributed by atoms with Crippen LogP contribution in [0.1, 0.15) is 18.1 Å². The zero-order valence-corrected chi connectivity index (χ0v) is 12.9. The lowest BCUT2D eigenvalue weighted by atomic mass is 10.1. The van der Waals surface area contributed by atoms with Gasteiger partial charge in [-0.05, 0) is 37.3 Å². The second kappa shape index (κ2) is 6.55. The van der Waals surface area contributed by atoms with Gasteiger partial charge >= 0.3 is 0 Å². The van der Waals surface area contributed by atoms with E-state index in [1.807, 2.05) is 11.8 Å². The molecular weight excluding hydrogens is 282 g/mol. The summed E-state index contributed by atoms with van der Waals surface area (Å²) in [5.41, 5.74) is 4.03. The van der Waals surface area contributed by atoms with Gasteiger partial charge in [-0.25, -0.2) is 0 Å². The van der Waals surface area contributed by atoms with Gasteiger partial charge in [0.15, 0.2) is 0 Å². The molecule has 0 aliphatic carbocycles. The van der Waals surface area contributed by atoms with Crippen LogP contribution in [0.5, 0.6) is 0 Å². The predicted octanol–water partition coefficient (Wildman–Crippen LogP) is 4.08. The normalized spacial score (nSPS) is 12.6. The fourth-order valence-electron chi connectivity index (χ4n) is 1.79. The molecule has 90 valence electrons. The average Bonchev–Trinajstić information content (AvgIpc) is 2.28. The van der Waals surface area contributed by atoms with Crippen molar-refractivity contribution in [2.45, 2.75) is 25.2 Å². The molecule has 0 fully saturated rings. The molecule has 1 nitrogen and oxygen atoms in total. The zero-order valence-electron chi connectivity index (χ0n) is 10.5. The number of alkyl halides is 1. The van der Waals surface area contributed by atoms with E-state index in [4.69, 9.17) is 0 Å². The van der Waals surface area contributed by atoms with Crippen molar-refractivity contribution in [3.05, 3.63) is 29.3 Å². The third-order valence-electron chi connectivity index (χ3n) is 2.86. The Morgan fingerprint density at radius 3 is 2.62 bits per heavy atom. The molecule has 0 spiro atoms. The average molecular weight is 302 g/mol. The second-order valence-electron chi connectivity index (χ2n) is 4.17. The SMILES string of the molecule is CSCC(C)N(C)c1ccc(CBr)cc1C. The van der Waals surface area contributed by atoms with Crippen LogP contribution in [-0.4, -0.2) is 25.1 Å². The summed E-state index contributed by atoms with van der Waals surface area (Å²) in [6.45, 7) is 4.46. The highest BCUT2D eigenvalue weighted by Gasteiger charge is 2.11. The maximum Gasteiger partial charge on any atom is 0.0396 e. The molecule has 0 heterocycles. The quantitative estimate of drug-likeness (QED) is 0.754. The van der Waals surface area contributed by atoms with Crippen molar-refractivity contribution in [3.63, 3.8) is 0 Å². The van der Waals surface area contributed by atoms with Gasteiger partial charge in [0.1, 0.15) is 0 Å². The van der Waals surface area contributed by atoms with Crippen LogP contribution in [0.15, 0.2) is 18.2 Å². The molecule has 1 aromatic rings. The minimum Gasteiger partial charge on any atom is -0.371 e. The van der Waals surface area contributed by atoms with Gasteiger partial charge in [-0.2, -0.15) is 11.8 Å². The van der Waals surface area contributed by atoms with Gasteiger partial charge in [0, 0.05) is 29.9 Å². The highest BCUT2D eigenvalue weighted by Crippen LogP contribution is 2.23. The minimum atomic E-state index is 0.573. The molecule has 1 rings (SSSR count). The fraction of sp³-hybridized carbons (Fsp3) is 0.538. The number of hydrogen-bond donors (Lipinski definition) is 0. The van der Waals surface area contributed by atoms with Crippen LogP contribution in [0.2, 0.25) is 0 Å². The Hall–Kier alpha value is -0.150. The summed E-state index contributed by atoms with van der Waals surface area (Å²) in [7, 11) is 2.18. The Morgan fingerprint density at radius 2 is 2.12 bits per heavy atom. The molecule has 0 bridgehead atoms. The van der Waals surface area contributed by atoms with Gasteiger partial charge in [-0.1, -0.05) is 28.1 Å². The van der Waals surface area contributed by atoms with Gasteiger partial charge in [-0.3, -0.25) is 0 Å². The molecule has 1 unspecified atom stereocenters. The largest absolute Gasteiger partial charge is 0.371 e. The Bertz CT molecular complexity index is 341. The van der Waals surface area contributed by atoms with Crippen molar-refractivity contribution in [2.24, 2.45) is 0 Å². The monoisotopic (exact) mass is 301 g/mol. The minimum absolute atomic E-state index is 0.573. The molecule has 0 saturated carbocycles. The fourth-order valence-corrected chi connectivity index (χ4v) is 2.84. The summed E-state index contributed by atoms with van der Waals surface area (Å²) in [4.78, 5) is 2.36. The molecule has 0 aromatic heterocycles. The molecule has 0 saturated heterocycles. The molecule has 1 aromatic carbocycles. The molecule has 0 amide bonds. The second-order valence-corrected chi connectivity index (χ2v) is 5.64.